The zero-order valence-electron chi connectivity index (χ0n) is 11.9. The lowest BCUT2D eigenvalue weighted by atomic mass is 10.2. The van der Waals surface area contributed by atoms with Crippen molar-refractivity contribution in [1.29, 1.82) is 0 Å². The Bertz CT molecular complexity index is 858. The lowest BCUT2D eigenvalue weighted by Gasteiger charge is -2.08. The fraction of sp³-hybridized carbons (Fsp3) is 0.125. The van der Waals surface area contributed by atoms with Gasteiger partial charge in [-0.3, -0.25) is 4.79 Å². The molecule has 0 spiro atoms. The zero-order valence-corrected chi connectivity index (χ0v) is 12.7. The maximum atomic E-state index is 11.4. The Balaban J connectivity index is 1.85. The number of rotatable bonds is 4. The first kappa shape index (κ1) is 14.4. The molecule has 0 aliphatic heterocycles. The molecular weight excluding hydrogens is 302 g/mol. The standard InChI is InChI=1S/C16H14ClN3O2/c1-10-3-2-6-20-8-12(19-16(10)20)9-22-14-5-4-11(17)7-13(14)15(18)21/h2-8H,9H2,1H3,(H2,18,21). The van der Waals surface area contributed by atoms with E-state index >= 15 is 0 Å². The van der Waals surface area contributed by atoms with Gasteiger partial charge in [-0.2, -0.15) is 0 Å². The van der Waals surface area contributed by atoms with Crippen LogP contribution >= 0.6 is 11.6 Å². The summed E-state index contributed by atoms with van der Waals surface area (Å²) >= 11 is 5.87. The Morgan fingerprint density at radius 2 is 2.23 bits per heavy atom. The number of carbonyl (C=O) groups is 1. The Hall–Kier alpha value is -2.53. The first-order valence-corrected chi connectivity index (χ1v) is 7.08. The van der Waals surface area contributed by atoms with Crippen LogP contribution in [0.25, 0.3) is 5.65 Å². The average Bonchev–Trinajstić information content (AvgIpc) is 2.90. The van der Waals surface area contributed by atoms with Gasteiger partial charge in [0.15, 0.2) is 0 Å². The summed E-state index contributed by atoms with van der Waals surface area (Å²) in [5.41, 5.74) is 8.32. The summed E-state index contributed by atoms with van der Waals surface area (Å²) < 4.78 is 7.61. The van der Waals surface area contributed by atoms with Crippen molar-refractivity contribution in [2.45, 2.75) is 13.5 Å². The highest BCUT2D eigenvalue weighted by Gasteiger charge is 2.11. The lowest BCUT2D eigenvalue weighted by Crippen LogP contribution is -2.13. The number of hydrogen-bond donors (Lipinski definition) is 1. The number of carbonyl (C=O) groups excluding carboxylic acids is 1. The molecule has 2 heterocycles. The molecule has 0 unspecified atom stereocenters. The topological polar surface area (TPSA) is 69.6 Å². The number of halogens is 1. The lowest BCUT2D eigenvalue weighted by molar-refractivity contribution is 0.0996. The molecule has 3 aromatic rings. The number of hydrogen-bond acceptors (Lipinski definition) is 3. The highest BCUT2D eigenvalue weighted by Crippen LogP contribution is 2.23. The Labute approximate surface area is 132 Å². The smallest absolute Gasteiger partial charge is 0.252 e. The molecule has 3 rings (SSSR count). The molecule has 0 aliphatic rings. The summed E-state index contributed by atoms with van der Waals surface area (Å²) in [5, 5.41) is 0.435. The molecule has 112 valence electrons. The van der Waals surface area contributed by atoms with Crippen molar-refractivity contribution >= 4 is 23.2 Å². The molecule has 0 atom stereocenters. The van der Waals surface area contributed by atoms with Crippen molar-refractivity contribution in [3.63, 3.8) is 0 Å². The van der Waals surface area contributed by atoms with Crippen LogP contribution in [0.1, 0.15) is 21.6 Å². The number of primary amides is 1. The van der Waals surface area contributed by atoms with Crippen molar-refractivity contribution in [2.24, 2.45) is 5.73 Å². The van der Waals surface area contributed by atoms with Gasteiger partial charge in [0.1, 0.15) is 18.0 Å². The molecule has 0 aliphatic carbocycles. The average molecular weight is 316 g/mol. The van der Waals surface area contributed by atoms with Crippen LogP contribution in [0.2, 0.25) is 5.02 Å². The first-order valence-electron chi connectivity index (χ1n) is 6.70. The van der Waals surface area contributed by atoms with Gasteiger partial charge in [0.2, 0.25) is 0 Å². The van der Waals surface area contributed by atoms with Gasteiger partial charge in [-0.05, 0) is 36.8 Å². The van der Waals surface area contributed by atoms with Gasteiger partial charge in [-0.25, -0.2) is 4.98 Å². The SMILES string of the molecule is Cc1cccn2cc(COc3ccc(Cl)cc3C(N)=O)nc12. The molecule has 2 N–H and O–H groups in total. The van der Waals surface area contributed by atoms with Crippen LogP contribution in [-0.2, 0) is 6.61 Å². The van der Waals surface area contributed by atoms with Crippen LogP contribution in [0.15, 0.2) is 42.7 Å². The van der Waals surface area contributed by atoms with Crippen LogP contribution < -0.4 is 10.5 Å². The van der Waals surface area contributed by atoms with E-state index in [0.717, 1.165) is 16.9 Å². The minimum atomic E-state index is -0.580. The third-order valence-corrected chi connectivity index (χ3v) is 3.55. The number of amides is 1. The van der Waals surface area contributed by atoms with E-state index in [1.54, 1.807) is 12.1 Å². The molecule has 0 saturated carbocycles. The number of benzene rings is 1. The van der Waals surface area contributed by atoms with Crippen LogP contribution in [0, 0.1) is 6.92 Å². The number of aryl methyl sites for hydroxylation is 1. The predicted molar refractivity (Wildman–Crippen MR) is 84.2 cm³/mol. The fourth-order valence-electron chi connectivity index (χ4n) is 2.25. The van der Waals surface area contributed by atoms with E-state index in [4.69, 9.17) is 22.1 Å². The molecule has 0 fully saturated rings. The highest BCUT2D eigenvalue weighted by atomic mass is 35.5. The minimum Gasteiger partial charge on any atom is -0.486 e. The van der Waals surface area contributed by atoms with E-state index in [9.17, 15) is 4.79 Å². The third kappa shape index (κ3) is 2.76. The fourth-order valence-corrected chi connectivity index (χ4v) is 2.42. The summed E-state index contributed by atoms with van der Waals surface area (Å²) in [5.74, 6) is -0.186. The van der Waals surface area contributed by atoms with Crippen molar-refractivity contribution in [1.82, 2.24) is 9.38 Å². The van der Waals surface area contributed by atoms with Crippen molar-refractivity contribution in [3.8, 4) is 5.75 Å². The number of aromatic nitrogens is 2. The van der Waals surface area contributed by atoms with Crippen molar-refractivity contribution < 1.29 is 9.53 Å². The van der Waals surface area contributed by atoms with Crippen LogP contribution in [0.5, 0.6) is 5.75 Å². The molecular formula is C16H14ClN3O2. The van der Waals surface area contributed by atoms with Gasteiger partial charge in [0.05, 0.1) is 11.3 Å². The number of nitrogens with two attached hydrogens (primary N) is 1. The van der Waals surface area contributed by atoms with Crippen LogP contribution in [0.3, 0.4) is 0 Å². The Morgan fingerprint density at radius 1 is 1.41 bits per heavy atom. The molecule has 0 bridgehead atoms. The number of pyridine rings is 1. The van der Waals surface area contributed by atoms with E-state index in [0.29, 0.717) is 10.8 Å². The van der Waals surface area contributed by atoms with Gasteiger partial charge in [-0.15, -0.1) is 0 Å². The van der Waals surface area contributed by atoms with E-state index < -0.39 is 5.91 Å². The second-order valence-corrected chi connectivity index (χ2v) is 5.38. The Kier molecular flexibility index (Phi) is 3.73. The second-order valence-electron chi connectivity index (χ2n) is 4.95. The van der Waals surface area contributed by atoms with E-state index in [1.165, 1.54) is 6.07 Å². The third-order valence-electron chi connectivity index (χ3n) is 3.31. The molecule has 5 nitrogen and oxygen atoms in total. The maximum Gasteiger partial charge on any atom is 0.252 e. The normalized spacial score (nSPS) is 10.8. The van der Waals surface area contributed by atoms with Gasteiger partial charge in [0, 0.05) is 17.4 Å². The maximum absolute atomic E-state index is 11.4. The first-order chi connectivity index (χ1) is 10.5. The van der Waals surface area contributed by atoms with Gasteiger partial charge >= 0.3 is 0 Å². The highest BCUT2D eigenvalue weighted by molar-refractivity contribution is 6.31. The molecule has 22 heavy (non-hydrogen) atoms. The largest absolute Gasteiger partial charge is 0.486 e. The van der Waals surface area contributed by atoms with Crippen molar-refractivity contribution in [2.75, 3.05) is 0 Å². The van der Waals surface area contributed by atoms with Crippen molar-refractivity contribution in [3.05, 3.63) is 64.6 Å². The van der Waals surface area contributed by atoms with Crippen LogP contribution in [0.4, 0.5) is 0 Å². The van der Waals surface area contributed by atoms with Gasteiger partial charge < -0.3 is 14.9 Å². The number of fused-ring (bicyclic) bond motifs is 1. The molecule has 0 radical (unpaired) electrons. The number of ether oxygens (including phenoxy) is 1. The summed E-state index contributed by atoms with van der Waals surface area (Å²) in [6, 6.07) is 8.73. The monoisotopic (exact) mass is 315 g/mol. The summed E-state index contributed by atoms with van der Waals surface area (Å²) in [6.45, 7) is 2.24. The van der Waals surface area contributed by atoms with Gasteiger partial charge in [-0.1, -0.05) is 17.7 Å². The number of imidazole rings is 1. The molecule has 1 aromatic carbocycles. The van der Waals surface area contributed by atoms with E-state index in [2.05, 4.69) is 4.98 Å². The van der Waals surface area contributed by atoms with E-state index in [-0.39, 0.29) is 12.2 Å². The number of nitrogens with zero attached hydrogens (tertiary/aromatic N) is 2. The van der Waals surface area contributed by atoms with Crippen LogP contribution in [-0.4, -0.2) is 15.3 Å². The molecule has 0 saturated heterocycles. The summed E-state index contributed by atoms with van der Waals surface area (Å²) in [6.07, 6.45) is 3.82. The molecule has 2 aromatic heterocycles. The van der Waals surface area contributed by atoms with E-state index in [1.807, 2.05) is 35.9 Å². The predicted octanol–water partition coefficient (Wildman–Crippen LogP) is 2.97. The zero-order chi connectivity index (χ0) is 15.7. The Morgan fingerprint density at radius 3 is 2.95 bits per heavy atom. The summed E-state index contributed by atoms with van der Waals surface area (Å²) in [7, 11) is 0. The minimum absolute atomic E-state index is 0.239. The molecule has 6 heteroatoms. The quantitative estimate of drug-likeness (QED) is 0.804. The second kappa shape index (κ2) is 5.69. The van der Waals surface area contributed by atoms with Gasteiger partial charge in [0.25, 0.3) is 5.91 Å². The molecule has 1 amide bonds. The summed E-state index contributed by atoms with van der Waals surface area (Å²) in [4.78, 5) is 15.9.